The molecule has 0 unspecified atom stereocenters. The van der Waals surface area contributed by atoms with E-state index in [4.69, 9.17) is 27.7 Å². The molecule has 0 bridgehead atoms. The van der Waals surface area contributed by atoms with Gasteiger partial charge < -0.3 is 9.84 Å². The molecule has 17 heavy (non-hydrogen) atoms. The highest BCUT2D eigenvalue weighted by atomic mass is 35.5. The van der Waals surface area contributed by atoms with Gasteiger partial charge in [0.1, 0.15) is 0 Å². The maximum Gasteiger partial charge on any atom is 0.240 e. The number of hydrogen-bond donors (Lipinski definition) is 1. The Hall–Kier alpha value is -1.10. The third-order valence-corrected chi connectivity index (χ3v) is 2.94. The summed E-state index contributed by atoms with van der Waals surface area (Å²) in [4.78, 5) is 4.22. The van der Waals surface area contributed by atoms with E-state index >= 15 is 0 Å². The van der Waals surface area contributed by atoms with Crippen molar-refractivity contribution in [1.29, 1.82) is 0 Å². The highest BCUT2D eigenvalue weighted by Crippen LogP contribution is 2.25. The molecular formula is C11H11Cl2N3O. The molecule has 0 amide bonds. The molecule has 0 aliphatic rings. The quantitative estimate of drug-likeness (QED) is 0.929. The fourth-order valence-corrected chi connectivity index (χ4v) is 1.98. The van der Waals surface area contributed by atoms with E-state index in [1.165, 1.54) is 0 Å². The minimum absolute atomic E-state index is 0.464. The van der Waals surface area contributed by atoms with Crippen LogP contribution in [0.4, 0.5) is 0 Å². The van der Waals surface area contributed by atoms with Gasteiger partial charge in [0.25, 0.3) is 0 Å². The zero-order valence-corrected chi connectivity index (χ0v) is 10.7. The summed E-state index contributed by atoms with van der Waals surface area (Å²) in [5.74, 6) is 1.12. The van der Waals surface area contributed by atoms with E-state index in [0.717, 1.165) is 5.56 Å². The SMILES string of the molecule is CNCc1nc(Cc2c(Cl)cccc2Cl)no1. The summed E-state index contributed by atoms with van der Waals surface area (Å²) in [5.41, 5.74) is 0.813. The Balaban J connectivity index is 2.19. The molecule has 0 aliphatic heterocycles. The molecule has 0 saturated heterocycles. The van der Waals surface area contributed by atoms with Gasteiger partial charge >= 0.3 is 0 Å². The van der Waals surface area contributed by atoms with E-state index in [-0.39, 0.29) is 0 Å². The van der Waals surface area contributed by atoms with Crippen molar-refractivity contribution >= 4 is 23.2 Å². The molecule has 1 aromatic carbocycles. The number of nitrogens with one attached hydrogen (secondary N) is 1. The van der Waals surface area contributed by atoms with Gasteiger partial charge in [0, 0.05) is 16.5 Å². The highest BCUT2D eigenvalue weighted by Gasteiger charge is 2.11. The van der Waals surface area contributed by atoms with E-state index in [1.807, 2.05) is 7.05 Å². The minimum Gasteiger partial charge on any atom is -0.338 e. The molecule has 0 radical (unpaired) electrons. The van der Waals surface area contributed by atoms with Crippen LogP contribution in [0.1, 0.15) is 17.3 Å². The molecule has 2 aromatic rings. The molecule has 90 valence electrons. The number of halogens is 2. The summed E-state index contributed by atoms with van der Waals surface area (Å²) in [6, 6.07) is 5.38. The van der Waals surface area contributed by atoms with Gasteiger partial charge in [-0.1, -0.05) is 34.4 Å². The molecular weight excluding hydrogens is 261 g/mol. The standard InChI is InChI=1S/C11H11Cl2N3O/c1-14-6-11-15-10(16-17-11)5-7-8(12)3-2-4-9(7)13/h2-4,14H,5-6H2,1H3. The van der Waals surface area contributed by atoms with Gasteiger partial charge in [-0.3, -0.25) is 0 Å². The number of rotatable bonds is 4. The second-order valence-electron chi connectivity index (χ2n) is 3.51. The topological polar surface area (TPSA) is 51.0 Å². The summed E-state index contributed by atoms with van der Waals surface area (Å²) in [7, 11) is 1.81. The van der Waals surface area contributed by atoms with Crippen LogP contribution in [0.25, 0.3) is 0 Å². The van der Waals surface area contributed by atoms with Crippen LogP contribution in [-0.4, -0.2) is 17.2 Å². The molecule has 0 spiro atoms. The molecule has 4 nitrogen and oxygen atoms in total. The lowest BCUT2D eigenvalue weighted by atomic mass is 10.1. The van der Waals surface area contributed by atoms with Crippen molar-refractivity contribution < 1.29 is 4.52 Å². The van der Waals surface area contributed by atoms with Crippen molar-refractivity contribution in [2.75, 3.05) is 7.05 Å². The van der Waals surface area contributed by atoms with Gasteiger partial charge in [-0.15, -0.1) is 0 Å². The number of benzene rings is 1. The second-order valence-corrected chi connectivity index (χ2v) is 4.33. The molecule has 6 heteroatoms. The van der Waals surface area contributed by atoms with Crippen molar-refractivity contribution in [2.24, 2.45) is 0 Å². The van der Waals surface area contributed by atoms with Crippen molar-refractivity contribution in [3.05, 3.63) is 45.5 Å². The van der Waals surface area contributed by atoms with Crippen LogP contribution in [0.15, 0.2) is 22.7 Å². The Morgan fingerprint density at radius 2 is 2.00 bits per heavy atom. The normalized spacial score (nSPS) is 10.8. The Morgan fingerprint density at radius 3 is 2.65 bits per heavy atom. The fourth-order valence-electron chi connectivity index (χ4n) is 1.44. The molecule has 1 heterocycles. The van der Waals surface area contributed by atoms with Crippen molar-refractivity contribution in [3.8, 4) is 0 Å². The summed E-state index contributed by atoms with van der Waals surface area (Å²) in [5, 5.41) is 8.02. The van der Waals surface area contributed by atoms with Crippen LogP contribution >= 0.6 is 23.2 Å². The van der Waals surface area contributed by atoms with Crippen LogP contribution in [-0.2, 0) is 13.0 Å². The molecule has 0 aliphatic carbocycles. The monoisotopic (exact) mass is 271 g/mol. The fraction of sp³-hybridized carbons (Fsp3) is 0.273. The van der Waals surface area contributed by atoms with Gasteiger partial charge in [0.2, 0.25) is 5.89 Å². The van der Waals surface area contributed by atoms with Gasteiger partial charge in [0.05, 0.1) is 6.54 Å². The summed E-state index contributed by atoms with van der Waals surface area (Å²) >= 11 is 12.1. The van der Waals surface area contributed by atoms with E-state index in [2.05, 4.69) is 15.5 Å². The van der Waals surface area contributed by atoms with Crippen LogP contribution in [0.2, 0.25) is 10.0 Å². The lowest BCUT2D eigenvalue weighted by molar-refractivity contribution is 0.367. The number of aromatic nitrogens is 2. The summed E-state index contributed by atoms with van der Waals surface area (Å²) < 4.78 is 5.05. The zero-order chi connectivity index (χ0) is 12.3. The van der Waals surface area contributed by atoms with E-state index < -0.39 is 0 Å². The minimum atomic E-state index is 0.464. The lowest BCUT2D eigenvalue weighted by Crippen LogP contribution is -2.05. The predicted octanol–water partition coefficient (Wildman–Crippen LogP) is 2.69. The lowest BCUT2D eigenvalue weighted by Gasteiger charge is -2.02. The van der Waals surface area contributed by atoms with Crippen molar-refractivity contribution in [3.63, 3.8) is 0 Å². The van der Waals surface area contributed by atoms with Gasteiger partial charge in [-0.25, -0.2) is 0 Å². The number of hydrogen-bond acceptors (Lipinski definition) is 4. The smallest absolute Gasteiger partial charge is 0.240 e. The Kier molecular flexibility index (Phi) is 3.99. The molecule has 1 N–H and O–H groups in total. The van der Waals surface area contributed by atoms with Crippen molar-refractivity contribution in [1.82, 2.24) is 15.5 Å². The van der Waals surface area contributed by atoms with Gasteiger partial charge in [-0.2, -0.15) is 4.98 Å². The van der Waals surface area contributed by atoms with E-state index in [1.54, 1.807) is 18.2 Å². The predicted molar refractivity (Wildman–Crippen MR) is 66.3 cm³/mol. The average Bonchev–Trinajstić information content (AvgIpc) is 2.72. The van der Waals surface area contributed by atoms with E-state index in [9.17, 15) is 0 Å². The molecule has 0 saturated carbocycles. The first-order chi connectivity index (χ1) is 8.20. The third kappa shape index (κ3) is 2.97. The Bertz CT molecular complexity index is 493. The first-order valence-corrected chi connectivity index (χ1v) is 5.85. The first kappa shape index (κ1) is 12.4. The highest BCUT2D eigenvalue weighted by molar-refractivity contribution is 6.36. The third-order valence-electron chi connectivity index (χ3n) is 2.23. The molecule has 1 aromatic heterocycles. The van der Waals surface area contributed by atoms with Crippen LogP contribution in [0.3, 0.4) is 0 Å². The van der Waals surface area contributed by atoms with Crippen LogP contribution in [0.5, 0.6) is 0 Å². The largest absolute Gasteiger partial charge is 0.338 e. The number of nitrogens with zero attached hydrogens (tertiary/aromatic N) is 2. The van der Waals surface area contributed by atoms with Gasteiger partial charge in [-0.05, 0) is 24.7 Å². The average molecular weight is 272 g/mol. The maximum absolute atomic E-state index is 6.06. The molecule has 2 rings (SSSR count). The summed E-state index contributed by atoms with van der Waals surface area (Å²) in [6.07, 6.45) is 0.464. The van der Waals surface area contributed by atoms with Gasteiger partial charge in [0.15, 0.2) is 5.82 Å². The summed E-state index contributed by atoms with van der Waals surface area (Å²) in [6.45, 7) is 0.545. The second kappa shape index (κ2) is 5.49. The van der Waals surface area contributed by atoms with Crippen LogP contribution in [0, 0.1) is 0 Å². The molecule has 0 atom stereocenters. The van der Waals surface area contributed by atoms with Crippen molar-refractivity contribution in [2.45, 2.75) is 13.0 Å². The Labute approximate surface area is 109 Å². The molecule has 0 fully saturated rings. The maximum atomic E-state index is 6.06. The zero-order valence-electron chi connectivity index (χ0n) is 9.20. The first-order valence-electron chi connectivity index (χ1n) is 5.09. The van der Waals surface area contributed by atoms with Crippen LogP contribution < -0.4 is 5.32 Å². The van der Waals surface area contributed by atoms with E-state index in [0.29, 0.717) is 34.7 Å². The Morgan fingerprint density at radius 1 is 1.29 bits per heavy atom.